The number of methoxy groups -OCH3 is 1. The van der Waals surface area contributed by atoms with Crippen molar-refractivity contribution in [2.75, 3.05) is 37.9 Å². The molecule has 112 valence electrons. The van der Waals surface area contributed by atoms with E-state index in [0.29, 0.717) is 24.8 Å². The fraction of sp³-hybridized carbons (Fsp3) is 0.533. The van der Waals surface area contributed by atoms with Gasteiger partial charge in [-0.15, -0.1) is 0 Å². The molecule has 5 nitrogen and oxygen atoms in total. The Morgan fingerprint density at radius 3 is 2.85 bits per heavy atom. The molecule has 1 aromatic rings. The number of rotatable bonds is 8. The smallest absolute Gasteiger partial charge is 0.225 e. The summed E-state index contributed by atoms with van der Waals surface area (Å²) in [6.07, 6.45) is 0.455. The maximum Gasteiger partial charge on any atom is 0.225 e. The lowest BCUT2D eigenvalue weighted by atomic mass is 10.2. The molecule has 0 heterocycles. The first kappa shape index (κ1) is 16.5. The van der Waals surface area contributed by atoms with Crippen molar-refractivity contribution >= 4 is 17.3 Å². The predicted molar refractivity (Wildman–Crippen MR) is 82.7 cm³/mol. The van der Waals surface area contributed by atoms with E-state index in [9.17, 15) is 4.79 Å². The molecule has 1 atom stereocenters. The topological polar surface area (TPSA) is 67.6 Å². The molecule has 0 aliphatic rings. The maximum atomic E-state index is 11.9. The SMILES string of the molecule is CCN(CCC(=O)Nc1cccc(N)c1)C(C)COC. The second kappa shape index (κ2) is 8.55. The van der Waals surface area contributed by atoms with Crippen molar-refractivity contribution in [1.29, 1.82) is 0 Å². The molecule has 0 spiro atoms. The van der Waals surface area contributed by atoms with Gasteiger partial charge in [0.1, 0.15) is 0 Å². The van der Waals surface area contributed by atoms with Crippen LogP contribution < -0.4 is 11.1 Å². The number of carbonyl (C=O) groups excluding carboxylic acids is 1. The van der Waals surface area contributed by atoms with Gasteiger partial charge in [0.2, 0.25) is 5.91 Å². The van der Waals surface area contributed by atoms with E-state index < -0.39 is 0 Å². The minimum Gasteiger partial charge on any atom is -0.399 e. The first-order valence-corrected chi connectivity index (χ1v) is 6.95. The van der Waals surface area contributed by atoms with Crippen LogP contribution in [0.15, 0.2) is 24.3 Å². The molecule has 0 radical (unpaired) electrons. The second-order valence-corrected chi connectivity index (χ2v) is 4.86. The molecule has 1 rings (SSSR count). The highest BCUT2D eigenvalue weighted by molar-refractivity contribution is 5.91. The number of ether oxygens (including phenoxy) is 1. The Morgan fingerprint density at radius 1 is 1.50 bits per heavy atom. The number of benzene rings is 1. The van der Waals surface area contributed by atoms with Gasteiger partial charge in [0.05, 0.1) is 6.61 Å². The van der Waals surface area contributed by atoms with Gasteiger partial charge in [0, 0.05) is 37.5 Å². The zero-order valence-electron chi connectivity index (χ0n) is 12.6. The van der Waals surface area contributed by atoms with Crippen LogP contribution in [-0.4, -0.2) is 43.7 Å². The summed E-state index contributed by atoms with van der Waals surface area (Å²) in [4.78, 5) is 14.1. The van der Waals surface area contributed by atoms with E-state index in [2.05, 4.69) is 24.1 Å². The molecule has 0 saturated carbocycles. The number of carbonyl (C=O) groups is 1. The largest absolute Gasteiger partial charge is 0.399 e. The molecule has 0 aliphatic heterocycles. The van der Waals surface area contributed by atoms with Crippen LogP contribution in [0.3, 0.4) is 0 Å². The minimum atomic E-state index is -0.00123. The third-order valence-corrected chi connectivity index (χ3v) is 3.23. The fourth-order valence-electron chi connectivity index (χ4n) is 2.12. The van der Waals surface area contributed by atoms with Crippen LogP contribution in [0.4, 0.5) is 11.4 Å². The lowest BCUT2D eigenvalue weighted by Crippen LogP contribution is -2.38. The molecule has 20 heavy (non-hydrogen) atoms. The summed E-state index contributed by atoms with van der Waals surface area (Å²) < 4.78 is 5.15. The summed E-state index contributed by atoms with van der Waals surface area (Å²) in [5.74, 6) is -0.00123. The van der Waals surface area contributed by atoms with Crippen molar-refractivity contribution < 1.29 is 9.53 Å². The first-order valence-electron chi connectivity index (χ1n) is 6.95. The average Bonchev–Trinajstić information content (AvgIpc) is 2.39. The number of hydrogen-bond acceptors (Lipinski definition) is 4. The van der Waals surface area contributed by atoms with E-state index in [1.54, 1.807) is 19.2 Å². The van der Waals surface area contributed by atoms with E-state index in [0.717, 1.165) is 18.8 Å². The monoisotopic (exact) mass is 279 g/mol. The summed E-state index contributed by atoms with van der Waals surface area (Å²) in [5.41, 5.74) is 7.06. The van der Waals surface area contributed by atoms with Crippen molar-refractivity contribution in [2.24, 2.45) is 0 Å². The highest BCUT2D eigenvalue weighted by atomic mass is 16.5. The van der Waals surface area contributed by atoms with Gasteiger partial charge >= 0.3 is 0 Å². The Hall–Kier alpha value is -1.59. The van der Waals surface area contributed by atoms with Crippen LogP contribution in [0.2, 0.25) is 0 Å². The van der Waals surface area contributed by atoms with Gasteiger partial charge in [-0.05, 0) is 31.7 Å². The maximum absolute atomic E-state index is 11.9. The summed E-state index contributed by atoms with van der Waals surface area (Å²) in [7, 11) is 1.69. The number of nitrogens with one attached hydrogen (secondary N) is 1. The molecule has 1 aromatic carbocycles. The summed E-state index contributed by atoms with van der Waals surface area (Å²) in [6, 6.07) is 7.51. The van der Waals surface area contributed by atoms with Crippen LogP contribution in [0.25, 0.3) is 0 Å². The summed E-state index contributed by atoms with van der Waals surface area (Å²) >= 11 is 0. The van der Waals surface area contributed by atoms with Gasteiger partial charge in [0.25, 0.3) is 0 Å². The molecule has 0 saturated heterocycles. The van der Waals surface area contributed by atoms with Crippen LogP contribution in [0.1, 0.15) is 20.3 Å². The van der Waals surface area contributed by atoms with Gasteiger partial charge in [-0.25, -0.2) is 0 Å². The van der Waals surface area contributed by atoms with Gasteiger partial charge in [-0.1, -0.05) is 13.0 Å². The van der Waals surface area contributed by atoms with Crippen LogP contribution in [0, 0.1) is 0 Å². The van der Waals surface area contributed by atoms with Crippen molar-refractivity contribution in [3.63, 3.8) is 0 Å². The third kappa shape index (κ3) is 5.59. The predicted octanol–water partition coefficient (Wildman–Crippen LogP) is 1.95. The summed E-state index contributed by atoms with van der Waals surface area (Å²) in [6.45, 7) is 6.47. The zero-order valence-corrected chi connectivity index (χ0v) is 12.6. The molecule has 3 N–H and O–H groups in total. The van der Waals surface area contributed by atoms with Gasteiger partial charge in [-0.3, -0.25) is 9.69 Å². The molecular formula is C15H25N3O2. The van der Waals surface area contributed by atoms with Crippen LogP contribution in [0.5, 0.6) is 0 Å². The van der Waals surface area contributed by atoms with Crippen LogP contribution >= 0.6 is 0 Å². The second-order valence-electron chi connectivity index (χ2n) is 4.86. The number of amides is 1. The van der Waals surface area contributed by atoms with Gasteiger partial charge < -0.3 is 15.8 Å². The lowest BCUT2D eigenvalue weighted by Gasteiger charge is -2.26. The number of nitrogen functional groups attached to an aromatic ring is 1. The molecule has 0 aromatic heterocycles. The zero-order chi connectivity index (χ0) is 15.0. The third-order valence-electron chi connectivity index (χ3n) is 3.23. The number of nitrogens with zero attached hydrogens (tertiary/aromatic N) is 1. The highest BCUT2D eigenvalue weighted by Crippen LogP contribution is 2.12. The Morgan fingerprint density at radius 2 is 2.25 bits per heavy atom. The van der Waals surface area contributed by atoms with Crippen molar-refractivity contribution in [1.82, 2.24) is 4.90 Å². The minimum absolute atomic E-state index is 0.00123. The number of nitrogens with two attached hydrogens (primary N) is 1. The molecule has 0 bridgehead atoms. The summed E-state index contributed by atoms with van der Waals surface area (Å²) in [5, 5.41) is 2.86. The van der Waals surface area contributed by atoms with Crippen molar-refractivity contribution in [3.05, 3.63) is 24.3 Å². The first-order chi connectivity index (χ1) is 9.56. The average molecular weight is 279 g/mol. The quantitative estimate of drug-likeness (QED) is 0.714. The fourth-order valence-corrected chi connectivity index (χ4v) is 2.12. The Balaban J connectivity index is 2.42. The van der Waals surface area contributed by atoms with E-state index in [1.165, 1.54) is 0 Å². The van der Waals surface area contributed by atoms with Crippen molar-refractivity contribution in [3.8, 4) is 0 Å². The Bertz CT molecular complexity index is 423. The number of hydrogen-bond donors (Lipinski definition) is 2. The number of likely N-dealkylation sites (N-methyl/N-ethyl adjacent to an activating group) is 1. The Labute approximate surface area is 121 Å². The number of anilines is 2. The highest BCUT2D eigenvalue weighted by Gasteiger charge is 2.13. The van der Waals surface area contributed by atoms with E-state index in [1.807, 2.05) is 12.1 Å². The van der Waals surface area contributed by atoms with Crippen molar-refractivity contribution in [2.45, 2.75) is 26.3 Å². The normalized spacial score (nSPS) is 12.4. The standard InChI is InChI=1S/C15H25N3O2/c1-4-18(12(2)11-20-3)9-8-15(19)17-14-7-5-6-13(16)10-14/h5-7,10,12H,4,8-9,11,16H2,1-3H3,(H,17,19). The lowest BCUT2D eigenvalue weighted by molar-refractivity contribution is -0.116. The van der Waals surface area contributed by atoms with E-state index in [-0.39, 0.29) is 5.91 Å². The molecule has 0 fully saturated rings. The molecule has 0 aliphatic carbocycles. The molecule has 5 heteroatoms. The van der Waals surface area contributed by atoms with E-state index in [4.69, 9.17) is 10.5 Å². The van der Waals surface area contributed by atoms with Gasteiger partial charge in [-0.2, -0.15) is 0 Å². The molecular weight excluding hydrogens is 254 g/mol. The molecule has 1 unspecified atom stereocenters. The molecule has 1 amide bonds. The van der Waals surface area contributed by atoms with E-state index >= 15 is 0 Å². The Kier molecular flexibility index (Phi) is 7.04. The van der Waals surface area contributed by atoms with Crippen LogP contribution in [-0.2, 0) is 9.53 Å². The van der Waals surface area contributed by atoms with Gasteiger partial charge in [0.15, 0.2) is 0 Å².